The third-order valence-electron chi connectivity index (χ3n) is 5.25. The van der Waals surface area contributed by atoms with Gasteiger partial charge in [0, 0.05) is 11.4 Å². The molecule has 1 aliphatic rings. The first-order chi connectivity index (χ1) is 14.8. The molecule has 0 radical (unpaired) electrons. The number of nitrogens with one attached hydrogen (secondary N) is 1. The molecule has 1 atom stereocenters. The first kappa shape index (κ1) is 23.3. The number of thioether (sulfide) groups is 1. The van der Waals surface area contributed by atoms with Crippen molar-refractivity contribution < 1.29 is 13.2 Å². The van der Waals surface area contributed by atoms with Gasteiger partial charge in [0.2, 0.25) is 15.9 Å². The van der Waals surface area contributed by atoms with Crippen LogP contribution in [0.5, 0.6) is 0 Å². The van der Waals surface area contributed by atoms with E-state index in [1.165, 1.54) is 48.9 Å². The average molecular weight is 459 g/mol. The molecule has 0 spiro atoms. The van der Waals surface area contributed by atoms with Crippen LogP contribution in [-0.4, -0.2) is 24.6 Å². The summed E-state index contributed by atoms with van der Waals surface area (Å²) < 4.78 is 22.8. The fourth-order valence-electron chi connectivity index (χ4n) is 3.55. The predicted octanol–water partition coefficient (Wildman–Crippen LogP) is 3.77. The largest absolute Gasteiger partial charge is 0.325 e. The maximum absolute atomic E-state index is 12.8. The van der Waals surface area contributed by atoms with Gasteiger partial charge in [-0.15, -0.1) is 0 Å². The van der Waals surface area contributed by atoms with Gasteiger partial charge >= 0.3 is 0 Å². The molecule has 1 aromatic carbocycles. The van der Waals surface area contributed by atoms with E-state index in [1.807, 2.05) is 13.0 Å². The highest BCUT2D eigenvalue weighted by Gasteiger charge is 2.22. The van der Waals surface area contributed by atoms with Crippen molar-refractivity contribution in [2.45, 2.75) is 67.0 Å². The Hall–Kier alpha value is -2.41. The minimum Gasteiger partial charge on any atom is -0.325 e. The second-order valence-corrected chi connectivity index (χ2v) is 10.3. The van der Waals surface area contributed by atoms with Crippen LogP contribution in [0.2, 0.25) is 0 Å². The maximum Gasteiger partial charge on any atom is 0.238 e. The number of nitrogens with zero attached hydrogens (tertiary/aromatic N) is 2. The van der Waals surface area contributed by atoms with Crippen molar-refractivity contribution in [3.8, 4) is 6.07 Å². The Kier molecular flexibility index (Phi) is 7.70. The molecule has 1 unspecified atom stereocenters. The molecule has 31 heavy (non-hydrogen) atoms. The van der Waals surface area contributed by atoms with Gasteiger partial charge in [0.15, 0.2) is 0 Å². The molecular formula is C22H26N4O3S2. The van der Waals surface area contributed by atoms with Crippen LogP contribution in [0.1, 0.15) is 55.8 Å². The van der Waals surface area contributed by atoms with Crippen LogP contribution in [0.25, 0.3) is 0 Å². The molecule has 164 valence electrons. The molecule has 1 amide bonds. The molecular weight excluding hydrogens is 432 g/mol. The fraction of sp³-hybridized carbons (Fsp3) is 0.409. The summed E-state index contributed by atoms with van der Waals surface area (Å²) in [6.07, 6.45) is 6.97. The van der Waals surface area contributed by atoms with E-state index in [1.54, 1.807) is 0 Å². The number of hydrogen-bond donors (Lipinski definition) is 2. The van der Waals surface area contributed by atoms with Gasteiger partial charge in [-0.05, 0) is 68.0 Å². The van der Waals surface area contributed by atoms with Crippen molar-refractivity contribution in [1.82, 2.24) is 4.98 Å². The van der Waals surface area contributed by atoms with Gasteiger partial charge in [0.05, 0.1) is 15.7 Å². The van der Waals surface area contributed by atoms with Crippen LogP contribution in [-0.2, 0) is 27.7 Å². The number of anilines is 1. The molecule has 0 saturated carbocycles. The van der Waals surface area contributed by atoms with Crippen LogP contribution in [0.4, 0.5) is 5.69 Å². The van der Waals surface area contributed by atoms with Gasteiger partial charge in [-0.1, -0.05) is 31.5 Å². The highest BCUT2D eigenvalue weighted by Crippen LogP contribution is 2.31. The minimum absolute atomic E-state index is 0.0180. The first-order valence-electron chi connectivity index (χ1n) is 10.3. The van der Waals surface area contributed by atoms with E-state index in [-0.39, 0.29) is 10.8 Å². The third kappa shape index (κ3) is 6.06. The van der Waals surface area contributed by atoms with Crippen LogP contribution >= 0.6 is 11.8 Å². The Morgan fingerprint density at radius 1 is 1.23 bits per heavy atom. The highest BCUT2D eigenvalue weighted by molar-refractivity contribution is 8.00. The topological polar surface area (TPSA) is 126 Å². The summed E-state index contributed by atoms with van der Waals surface area (Å²) in [5, 5.41) is 17.7. The van der Waals surface area contributed by atoms with E-state index in [9.17, 15) is 18.5 Å². The maximum atomic E-state index is 12.8. The number of amides is 1. The Balaban J connectivity index is 1.77. The zero-order valence-corrected chi connectivity index (χ0v) is 19.1. The van der Waals surface area contributed by atoms with Gasteiger partial charge in [-0.3, -0.25) is 4.79 Å². The van der Waals surface area contributed by atoms with Gasteiger partial charge in [-0.25, -0.2) is 18.5 Å². The van der Waals surface area contributed by atoms with Crippen LogP contribution in [0, 0.1) is 11.3 Å². The monoisotopic (exact) mass is 458 g/mol. The lowest BCUT2D eigenvalue weighted by molar-refractivity contribution is -0.115. The summed E-state index contributed by atoms with van der Waals surface area (Å²) in [5.41, 5.74) is 3.17. The number of nitriles is 1. The van der Waals surface area contributed by atoms with Crippen molar-refractivity contribution in [1.29, 1.82) is 5.26 Å². The van der Waals surface area contributed by atoms with Gasteiger partial charge in [0.25, 0.3) is 0 Å². The summed E-state index contributed by atoms with van der Waals surface area (Å²) >= 11 is 1.30. The minimum atomic E-state index is -3.79. The lowest BCUT2D eigenvalue weighted by atomic mass is 9.96. The number of rotatable bonds is 6. The number of carbonyl (C=O) groups is 1. The normalized spacial score (nSPS) is 15.1. The van der Waals surface area contributed by atoms with E-state index in [4.69, 9.17) is 10.1 Å². The molecule has 1 heterocycles. The Morgan fingerprint density at radius 3 is 2.52 bits per heavy atom. The van der Waals surface area contributed by atoms with E-state index >= 15 is 0 Å². The second kappa shape index (κ2) is 10.3. The molecule has 1 aliphatic carbocycles. The van der Waals surface area contributed by atoms with Crippen molar-refractivity contribution in [3.05, 3.63) is 47.2 Å². The van der Waals surface area contributed by atoms with Gasteiger partial charge in [-0.2, -0.15) is 5.26 Å². The summed E-state index contributed by atoms with van der Waals surface area (Å²) in [7, 11) is -3.79. The SMILES string of the molecule is CCC(Sc1nc2c(cc1C#N)CCCCCC2)C(=O)Nc1ccc(S(N)(=O)=O)cc1. The molecule has 3 N–H and O–H groups in total. The molecule has 3 rings (SSSR count). The van der Waals surface area contributed by atoms with Crippen molar-refractivity contribution >= 4 is 33.4 Å². The molecule has 0 fully saturated rings. The Labute approximate surface area is 187 Å². The number of carbonyl (C=O) groups excluding carboxylic acids is 1. The number of pyridine rings is 1. The van der Waals surface area contributed by atoms with Crippen LogP contribution < -0.4 is 10.5 Å². The van der Waals surface area contributed by atoms with Crippen molar-refractivity contribution in [2.75, 3.05) is 5.32 Å². The second-order valence-electron chi connectivity index (χ2n) is 7.55. The third-order valence-corrected chi connectivity index (χ3v) is 7.55. The Morgan fingerprint density at radius 2 is 1.90 bits per heavy atom. The Bertz CT molecular complexity index is 1090. The number of benzene rings is 1. The summed E-state index contributed by atoms with van der Waals surface area (Å²) in [4.78, 5) is 17.6. The lowest BCUT2D eigenvalue weighted by Crippen LogP contribution is -2.25. The lowest BCUT2D eigenvalue weighted by Gasteiger charge is -2.18. The number of aryl methyl sites for hydroxylation is 2. The molecule has 1 aromatic heterocycles. The van der Waals surface area contributed by atoms with Gasteiger partial charge < -0.3 is 5.32 Å². The predicted molar refractivity (Wildman–Crippen MR) is 121 cm³/mol. The average Bonchev–Trinajstić information content (AvgIpc) is 2.72. The molecule has 2 aromatic rings. The zero-order chi connectivity index (χ0) is 22.4. The highest BCUT2D eigenvalue weighted by atomic mass is 32.2. The standard InChI is InChI=1S/C22H26N4O3S2/c1-2-20(21(27)25-17-9-11-18(12-10-17)31(24,28)29)30-22-16(14-23)13-15-7-5-3-4-6-8-19(15)26-22/h9-13,20H,2-8H2,1H3,(H,25,27)(H2,24,28,29). The summed E-state index contributed by atoms with van der Waals surface area (Å²) in [6, 6.07) is 9.87. The van der Waals surface area contributed by atoms with Crippen molar-refractivity contribution in [2.24, 2.45) is 5.14 Å². The number of fused-ring (bicyclic) bond motifs is 1. The molecule has 7 nitrogen and oxygen atoms in total. The number of aromatic nitrogens is 1. The smallest absolute Gasteiger partial charge is 0.238 e. The summed E-state index contributed by atoms with van der Waals surface area (Å²) in [5.74, 6) is -0.228. The summed E-state index contributed by atoms with van der Waals surface area (Å²) in [6.45, 7) is 1.90. The number of sulfonamides is 1. The van der Waals surface area contributed by atoms with Crippen molar-refractivity contribution in [3.63, 3.8) is 0 Å². The van der Waals surface area contributed by atoms with Gasteiger partial charge in [0.1, 0.15) is 11.1 Å². The van der Waals surface area contributed by atoms with E-state index < -0.39 is 15.3 Å². The number of nitrogens with two attached hydrogens (primary N) is 1. The fourth-order valence-corrected chi connectivity index (χ4v) is 5.06. The molecule has 0 bridgehead atoms. The van der Waals surface area contributed by atoms with Crippen LogP contribution in [0.3, 0.4) is 0 Å². The molecule has 0 saturated heterocycles. The number of primary sulfonamides is 1. The van der Waals surface area contributed by atoms with Crippen LogP contribution in [0.15, 0.2) is 40.3 Å². The zero-order valence-electron chi connectivity index (χ0n) is 17.4. The molecule has 0 aliphatic heterocycles. The van der Waals surface area contributed by atoms with E-state index in [2.05, 4.69) is 11.4 Å². The quantitative estimate of drug-likeness (QED) is 0.635. The van der Waals surface area contributed by atoms with E-state index in [0.717, 1.165) is 36.9 Å². The number of hydrogen-bond acceptors (Lipinski definition) is 6. The molecule has 9 heteroatoms. The van der Waals surface area contributed by atoms with E-state index in [0.29, 0.717) is 22.7 Å². The first-order valence-corrected chi connectivity index (χ1v) is 12.8.